The van der Waals surface area contributed by atoms with Gasteiger partial charge in [0, 0.05) is 6.54 Å². The van der Waals surface area contributed by atoms with Crippen LogP contribution in [-0.4, -0.2) is 9.97 Å². The van der Waals surface area contributed by atoms with E-state index in [0.717, 1.165) is 27.1 Å². The van der Waals surface area contributed by atoms with Gasteiger partial charge in [0.2, 0.25) is 5.88 Å². The molecular formula is C14H13N3OS. The Kier molecular flexibility index (Phi) is 3.15. The number of aryl methyl sites for hydroxylation is 1. The topological polar surface area (TPSA) is 61.0 Å². The lowest BCUT2D eigenvalue weighted by molar-refractivity contribution is 0.465. The van der Waals surface area contributed by atoms with Crippen LogP contribution in [0.4, 0.5) is 0 Å². The van der Waals surface area contributed by atoms with Crippen molar-refractivity contribution in [3.63, 3.8) is 0 Å². The predicted molar refractivity (Wildman–Crippen MR) is 76.6 cm³/mol. The van der Waals surface area contributed by atoms with Gasteiger partial charge in [-0.05, 0) is 35.6 Å². The molecule has 0 amide bonds. The number of fused-ring (bicyclic) bond motifs is 1. The lowest BCUT2D eigenvalue weighted by Gasteiger charge is -2.09. The summed E-state index contributed by atoms with van der Waals surface area (Å²) >= 11 is 1.57. The van der Waals surface area contributed by atoms with E-state index in [-0.39, 0.29) is 0 Å². The van der Waals surface area contributed by atoms with Crippen molar-refractivity contribution in [3.05, 3.63) is 47.1 Å². The number of rotatable bonds is 3. The third-order valence-electron chi connectivity index (χ3n) is 2.91. The van der Waals surface area contributed by atoms with Crippen LogP contribution in [0.2, 0.25) is 0 Å². The van der Waals surface area contributed by atoms with Gasteiger partial charge < -0.3 is 10.5 Å². The van der Waals surface area contributed by atoms with E-state index >= 15 is 0 Å². The summed E-state index contributed by atoms with van der Waals surface area (Å²) in [7, 11) is 0. The average Bonchev–Trinajstić information content (AvgIpc) is 2.90. The zero-order valence-electron chi connectivity index (χ0n) is 10.5. The van der Waals surface area contributed by atoms with Gasteiger partial charge in [-0.3, -0.25) is 0 Å². The van der Waals surface area contributed by atoms with Crippen LogP contribution in [-0.2, 0) is 6.54 Å². The standard InChI is InChI=1S/C14H13N3OS/c1-9-2-3-10(7-15)6-12(9)18-14-13-11(4-5-19-13)16-8-17-14/h2-6,8H,7,15H2,1H3. The van der Waals surface area contributed by atoms with Crippen molar-refractivity contribution in [1.82, 2.24) is 9.97 Å². The molecule has 0 saturated carbocycles. The van der Waals surface area contributed by atoms with Crippen molar-refractivity contribution in [2.75, 3.05) is 0 Å². The van der Waals surface area contributed by atoms with Gasteiger partial charge in [0.05, 0.1) is 5.52 Å². The van der Waals surface area contributed by atoms with Crippen molar-refractivity contribution in [3.8, 4) is 11.6 Å². The molecule has 2 N–H and O–H groups in total. The molecule has 3 aromatic rings. The first-order valence-electron chi connectivity index (χ1n) is 5.93. The van der Waals surface area contributed by atoms with Crippen LogP contribution < -0.4 is 10.5 Å². The van der Waals surface area contributed by atoms with Crippen LogP contribution in [0.15, 0.2) is 36.0 Å². The molecule has 0 unspecified atom stereocenters. The summed E-state index contributed by atoms with van der Waals surface area (Å²) in [6, 6.07) is 7.92. The zero-order chi connectivity index (χ0) is 13.2. The Hall–Kier alpha value is -1.98. The first-order valence-corrected chi connectivity index (χ1v) is 6.81. The van der Waals surface area contributed by atoms with Crippen molar-refractivity contribution in [2.45, 2.75) is 13.5 Å². The smallest absolute Gasteiger partial charge is 0.240 e. The zero-order valence-corrected chi connectivity index (χ0v) is 11.3. The van der Waals surface area contributed by atoms with E-state index in [2.05, 4.69) is 9.97 Å². The minimum atomic E-state index is 0.495. The second-order valence-electron chi connectivity index (χ2n) is 4.22. The monoisotopic (exact) mass is 271 g/mol. The van der Waals surface area contributed by atoms with E-state index in [4.69, 9.17) is 10.5 Å². The highest BCUT2D eigenvalue weighted by Crippen LogP contribution is 2.32. The molecule has 0 fully saturated rings. The van der Waals surface area contributed by atoms with Gasteiger partial charge in [-0.1, -0.05) is 12.1 Å². The van der Waals surface area contributed by atoms with Gasteiger partial charge in [0.1, 0.15) is 16.8 Å². The summed E-state index contributed by atoms with van der Waals surface area (Å²) in [5, 5.41) is 1.98. The molecule has 0 spiro atoms. The lowest BCUT2D eigenvalue weighted by Crippen LogP contribution is -1.98. The lowest BCUT2D eigenvalue weighted by atomic mass is 10.1. The maximum absolute atomic E-state index is 5.93. The predicted octanol–water partition coefficient (Wildman–Crippen LogP) is 3.25. The highest BCUT2D eigenvalue weighted by Gasteiger charge is 2.09. The molecule has 0 aliphatic carbocycles. The fourth-order valence-corrected chi connectivity index (χ4v) is 2.59. The van der Waals surface area contributed by atoms with E-state index in [1.165, 1.54) is 6.33 Å². The van der Waals surface area contributed by atoms with E-state index in [0.29, 0.717) is 12.4 Å². The molecular weight excluding hydrogens is 258 g/mol. The Bertz CT molecular complexity index is 724. The van der Waals surface area contributed by atoms with Crippen molar-refractivity contribution in [1.29, 1.82) is 0 Å². The first kappa shape index (κ1) is 12.1. The summed E-state index contributed by atoms with van der Waals surface area (Å²) in [4.78, 5) is 8.42. The third kappa shape index (κ3) is 2.30. The van der Waals surface area contributed by atoms with Crippen LogP contribution in [0.5, 0.6) is 11.6 Å². The molecule has 4 nitrogen and oxygen atoms in total. The number of nitrogens with zero attached hydrogens (tertiary/aromatic N) is 2. The summed E-state index contributed by atoms with van der Waals surface area (Å²) in [6.45, 7) is 2.50. The molecule has 96 valence electrons. The molecule has 19 heavy (non-hydrogen) atoms. The minimum Gasteiger partial charge on any atom is -0.437 e. The van der Waals surface area contributed by atoms with Gasteiger partial charge in [-0.2, -0.15) is 0 Å². The van der Waals surface area contributed by atoms with Crippen LogP contribution in [0.1, 0.15) is 11.1 Å². The average molecular weight is 271 g/mol. The third-order valence-corrected chi connectivity index (χ3v) is 3.80. The first-order chi connectivity index (χ1) is 9.28. The fraction of sp³-hybridized carbons (Fsp3) is 0.143. The summed E-state index contributed by atoms with van der Waals surface area (Å²) in [6.07, 6.45) is 1.52. The number of aromatic nitrogens is 2. The summed E-state index contributed by atoms with van der Waals surface area (Å²) in [5.41, 5.74) is 8.66. The van der Waals surface area contributed by atoms with Crippen molar-refractivity contribution >= 4 is 21.6 Å². The molecule has 0 aliphatic heterocycles. The van der Waals surface area contributed by atoms with E-state index in [1.54, 1.807) is 11.3 Å². The molecule has 0 aliphatic rings. The van der Waals surface area contributed by atoms with Gasteiger partial charge >= 0.3 is 0 Å². The number of nitrogens with two attached hydrogens (primary N) is 1. The number of benzene rings is 1. The molecule has 5 heteroatoms. The van der Waals surface area contributed by atoms with Crippen LogP contribution in [0, 0.1) is 6.92 Å². The molecule has 0 atom stereocenters. The van der Waals surface area contributed by atoms with Gasteiger partial charge in [0.25, 0.3) is 0 Å². The molecule has 0 saturated heterocycles. The Balaban J connectivity index is 2.03. The molecule has 0 radical (unpaired) electrons. The highest BCUT2D eigenvalue weighted by molar-refractivity contribution is 7.17. The van der Waals surface area contributed by atoms with Crippen LogP contribution in [0.25, 0.3) is 10.2 Å². The van der Waals surface area contributed by atoms with Crippen molar-refractivity contribution < 1.29 is 4.74 Å². The Labute approximate surface area is 114 Å². The van der Waals surface area contributed by atoms with Crippen LogP contribution in [0.3, 0.4) is 0 Å². The number of hydrogen-bond donors (Lipinski definition) is 1. The van der Waals surface area contributed by atoms with Crippen LogP contribution >= 0.6 is 11.3 Å². The maximum atomic E-state index is 5.93. The van der Waals surface area contributed by atoms with Gasteiger partial charge in [0.15, 0.2) is 0 Å². The normalized spacial score (nSPS) is 10.8. The van der Waals surface area contributed by atoms with Crippen molar-refractivity contribution in [2.24, 2.45) is 5.73 Å². The Morgan fingerprint density at radius 3 is 3.00 bits per heavy atom. The van der Waals surface area contributed by atoms with E-state index in [1.807, 2.05) is 36.6 Å². The molecule has 2 aromatic heterocycles. The van der Waals surface area contributed by atoms with E-state index < -0.39 is 0 Å². The quantitative estimate of drug-likeness (QED) is 0.794. The molecule has 2 heterocycles. The molecule has 1 aromatic carbocycles. The number of hydrogen-bond acceptors (Lipinski definition) is 5. The molecule has 3 rings (SSSR count). The Morgan fingerprint density at radius 1 is 1.26 bits per heavy atom. The SMILES string of the molecule is Cc1ccc(CN)cc1Oc1ncnc2ccsc12. The van der Waals surface area contributed by atoms with Gasteiger partial charge in [-0.15, -0.1) is 11.3 Å². The molecule has 0 bridgehead atoms. The largest absolute Gasteiger partial charge is 0.437 e. The Morgan fingerprint density at radius 2 is 2.16 bits per heavy atom. The highest BCUT2D eigenvalue weighted by atomic mass is 32.1. The summed E-state index contributed by atoms with van der Waals surface area (Å²) in [5.74, 6) is 1.38. The number of thiophene rings is 1. The minimum absolute atomic E-state index is 0.495. The second kappa shape index (κ2) is 4.95. The fourth-order valence-electron chi connectivity index (χ4n) is 1.82. The van der Waals surface area contributed by atoms with Gasteiger partial charge in [-0.25, -0.2) is 9.97 Å². The second-order valence-corrected chi connectivity index (χ2v) is 5.14. The summed E-state index contributed by atoms with van der Waals surface area (Å²) < 4.78 is 6.89. The van der Waals surface area contributed by atoms with E-state index in [9.17, 15) is 0 Å². The maximum Gasteiger partial charge on any atom is 0.240 e. The number of ether oxygens (including phenoxy) is 1.